The van der Waals surface area contributed by atoms with E-state index in [1.165, 1.54) is 6.92 Å². The molecule has 0 aromatic heterocycles. The van der Waals surface area contributed by atoms with Crippen molar-refractivity contribution in [2.45, 2.75) is 65.3 Å². The fourth-order valence-corrected chi connectivity index (χ4v) is 2.00. The number of carbonyl (C=O) groups excluding carboxylic acids is 2. The Morgan fingerprint density at radius 3 is 1.95 bits per heavy atom. The zero-order chi connectivity index (χ0) is 14.8. The Bertz CT molecular complexity index is 309. The molecule has 0 fully saturated rings. The monoisotopic (exact) mass is 271 g/mol. The molecule has 0 rings (SSSR count). The Morgan fingerprint density at radius 1 is 1.05 bits per heavy atom. The molecule has 2 N–H and O–H groups in total. The van der Waals surface area contributed by atoms with Crippen LogP contribution in [-0.4, -0.2) is 28.8 Å². The van der Waals surface area contributed by atoms with E-state index in [2.05, 4.69) is 5.32 Å². The van der Waals surface area contributed by atoms with Crippen LogP contribution in [0.1, 0.15) is 59.3 Å². The number of hydrogen-bond donors (Lipinski definition) is 2. The molecule has 0 aromatic rings. The molecule has 1 amide bonds. The van der Waals surface area contributed by atoms with Crippen molar-refractivity contribution in [1.29, 1.82) is 0 Å². The molecule has 19 heavy (non-hydrogen) atoms. The van der Waals surface area contributed by atoms with Crippen LogP contribution >= 0.6 is 0 Å². The maximum atomic E-state index is 12.0. The number of aliphatic carboxylic acids is 1. The first-order valence-corrected chi connectivity index (χ1v) is 6.94. The van der Waals surface area contributed by atoms with E-state index in [9.17, 15) is 14.4 Å². The van der Waals surface area contributed by atoms with Crippen molar-refractivity contribution in [3.05, 3.63) is 0 Å². The minimum atomic E-state index is -1.08. The van der Waals surface area contributed by atoms with Crippen LogP contribution in [0.3, 0.4) is 0 Å². The topological polar surface area (TPSA) is 83.5 Å². The van der Waals surface area contributed by atoms with Gasteiger partial charge in [0, 0.05) is 12.3 Å². The van der Waals surface area contributed by atoms with E-state index in [0.717, 1.165) is 25.7 Å². The number of ketones is 1. The van der Waals surface area contributed by atoms with Crippen molar-refractivity contribution in [3.8, 4) is 0 Å². The standard InChI is InChI=1S/C14H25NO4/c1-4-6-11(7-5-2)13(17)15-12(14(18)19)9-8-10(3)16/h11-12H,4-9H2,1-3H3,(H,15,17)(H,18,19)/t12-/m0/s1. The molecule has 0 bridgehead atoms. The summed E-state index contributed by atoms with van der Waals surface area (Å²) in [6, 6.07) is -0.965. The summed E-state index contributed by atoms with van der Waals surface area (Å²) in [5.74, 6) is -1.49. The number of amides is 1. The lowest BCUT2D eigenvalue weighted by atomic mass is 9.96. The number of hydrogen-bond acceptors (Lipinski definition) is 3. The SMILES string of the molecule is CCCC(CCC)C(=O)N[C@@H](CCC(C)=O)C(=O)O. The molecule has 0 heterocycles. The van der Waals surface area contributed by atoms with Gasteiger partial charge in [0.15, 0.2) is 0 Å². The van der Waals surface area contributed by atoms with Crippen LogP contribution < -0.4 is 5.32 Å². The van der Waals surface area contributed by atoms with Gasteiger partial charge in [0.2, 0.25) is 5.91 Å². The van der Waals surface area contributed by atoms with Crippen LogP contribution in [0.4, 0.5) is 0 Å². The first-order chi connectivity index (χ1) is 8.92. The summed E-state index contributed by atoms with van der Waals surface area (Å²) in [6.07, 6.45) is 3.63. The van der Waals surface area contributed by atoms with Crippen molar-refractivity contribution >= 4 is 17.7 Å². The zero-order valence-electron chi connectivity index (χ0n) is 12.1. The zero-order valence-corrected chi connectivity index (χ0v) is 12.1. The Labute approximate surface area is 114 Å². The van der Waals surface area contributed by atoms with E-state index in [-0.39, 0.29) is 30.4 Å². The van der Waals surface area contributed by atoms with E-state index < -0.39 is 12.0 Å². The van der Waals surface area contributed by atoms with Gasteiger partial charge >= 0.3 is 5.97 Å². The van der Waals surface area contributed by atoms with E-state index in [1.54, 1.807) is 0 Å². The van der Waals surface area contributed by atoms with Gasteiger partial charge in [0.05, 0.1) is 0 Å². The molecule has 0 aliphatic carbocycles. The number of carboxylic acid groups (broad SMARTS) is 1. The van der Waals surface area contributed by atoms with Crippen molar-refractivity contribution in [2.24, 2.45) is 5.92 Å². The highest BCUT2D eigenvalue weighted by Crippen LogP contribution is 2.14. The third-order valence-corrected chi connectivity index (χ3v) is 3.04. The summed E-state index contributed by atoms with van der Waals surface area (Å²) >= 11 is 0. The second-order valence-electron chi connectivity index (χ2n) is 4.91. The molecule has 0 saturated heterocycles. The van der Waals surface area contributed by atoms with Crippen molar-refractivity contribution in [2.75, 3.05) is 0 Å². The molecule has 5 nitrogen and oxygen atoms in total. The molecule has 110 valence electrons. The van der Waals surface area contributed by atoms with Crippen LogP contribution in [-0.2, 0) is 14.4 Å². The second-order valence-corrected chi connectivity index (χ2v) is 4.91. The molecule has 0 saturated carbocycles. The summed E-state index contributed by atoms with van der Waals surface area (Å²) in [6.45, 7) is 5.42. The molecule has 0 aliphatic rings. The molecule has 1 atom stereocenters. The Kier molecular flexibility index (Phi) is 8.83. The Hall–Kier alpha value is -1.39. The number of nitrogens with one attached hydrogen (secondary N) is 1. The Morgan fingerprint density at radius 2 is 1.58 bits per heavy atom. The lowest BCUT2D eigenvalue weighted by Crippen LogP contribution is -2.43. The molecule has 0 unspecified atom stereocenters. The number of carbonyl (C=O) groups is 3. The molecule has 0 spiro atoms. The van der Waals surface area contributed by atoms with Crippen LogP contribution in [0.2, 0.25) is 0 Å². The highest BCUT2D eigenvalue weighted by Gasteiger charge is 2.24. The van der Waals surface area contributed by atoms with E-state index in [4.69, 9.17) is 5.11 Å². The minimum Gasteiger partial charge on any atom is -0.480 e. The van der Waals surface area contributed by atoms with Crippen molar-refractivity contribution in [1.82, 2.24) is 5.32 Å². The maximum absolute atomic E-state index is 12.0. The predicted molar refractivity (Wildman–Crippen MR) is 72.8 cm³/mol. The van der Waals surface area contributed by atoms with Gasteiger partial charge in [-0.3, -0.25) is 4.79 Å². The van der Waals surface area contributed by atoms with Crippen LogP contribution in [0, 0.1) is 5.92 Å². The predicted octanol–water partition coefficient (Wildman–Crippen LogP) is 2.14. The average molecular weight is 271 g/mol. The smallest absolute Gasteiger partial charge is 0.326 e. The number of Topliss-reactive ketones (excluding diaryl/α,β-unsaturated/α-hetero) is 1. The third-order valence-electron chi connectivity index (χ3n) is 3.04. The fourth-order valence-electron chi connectivity index (χ4n) is 2.00. The molecular formula is C14H25NO4. The summed E-state index contributed by atoms with van der Waals surface area (Å²) in [7, 11) is 0. The van der Waals surface area contributed by atoms with Gasteiger partial charge < -0.3 is 15.2 Å². The molecule has 0 aromatic carbocycles. The van der Waals surface area contributed by atoms with Crippen LogP contribution in [0.5, 0.6) is 0 Å². The van der Waals surface area contributed by atoms with E-state index in [1.807, 2.05) is 13.8 Å². The molecular weight excluding hydrogens is 246 g/mol. The third kappa shape index (κ3) is 7.59. The van der Waals surface area contributed by atoms with E-state index in [0.29, 0.717) is 0 Å². The van der Waals surface area contributed by atoms with Gasteiger partial charge in [-0.1, -0.05) is 26.7 Å². The lowest BCUT2D eigenvalue weighted by Gasteiger charge is -2.19. The summed E-state index contributed by atoms with van der Waals surface area (Å²) in [4.78, 5) is 34.0. The maximum Gasteiger partial charge on any atom is 0.326 e. The second kappa shape index (κ2) is 9.53. The van der Waals surface area contributed by atoms with Gasteiger partial charge in [-0.15, -0.1) is 0 Å². The number of carboxylic acids is 1. The summed E-state index contributed by atoms with van der Waals surface area (Å²) in [5.41, 5.74) is 0. The van der Waals surface area contributed by atoms with Crippen LogP contribution in [0.25, 0.3) is 0 Å². The van der Waals surface area contributed by atoms with Gasteiger partial charge in [0.1, 0.15) is 11.8 Å². The van der Waals surface area contributed by atoms with Crippen LogP contribution in [0.15, 0.2) is 0 Å². The van der Waals surface area contributed by atoms with Gasteiger partial charge in [-0.25, -0.2) is 4.79 Å². The summed E-state index contributed by atoms with van der Waals surface area (Å²) < 4.78 is 0. The number of rotatable bonds is 10. The molecule has 0 radical (unpaired) electrons. The lowest BCUT2D eigenvalue weighted by molar-refractivity contribution is -0.142. The van der Waals surface area contributed by atoms with Crippen molar-refractivity contribution in [3.63, 3.8) is 0 Å². The quantitative estimate of drug-likeness (QED) is 0.637. The van der Waals surface area contributed by atoms with Gasteiger partial charge in [-0.05, 0) is 26.2 Å². The average Bonchev–Trinajstić information content (AvgIpc) is 2.33. The molecule has 5 heteroatoms. The Balaban J connectivity index is 4.49. The minimum absolute atomic E-state index is 0.0702. The largest absolute Gasteiger partial charge is 0.480 e. The first kappa shape index (κ1) is 17.6. The fraction of sp³-hybridized carbons (Fsp3) is 0.786. The highest BCUT2D eigenvalue weighted by molar-refractivity contribution is 5.85. The van der Waals surface area contributed by atoms with Gasteiger partial charge in [0.25, 0.3) is 0 Å². The highest BCUT2D eigenvalue weighted by atomic mass is 16.4. The van der Waals surface area contributed by atoms with Gasteiger partial charge in [-0.2, -0.15) is 0 Å². The van der Waals surface area contributed by atoms with Crippen molar-refractivity contribution < 1.29 is 19.5 Å². The summed E-state index contributed by atoms with van der Waals surface area (Å²) in [5, 5.41) is 11.6. The van der Waals surface area contributed by atoms with E-state index >= 15 is 0 Å². The normalized spacial score (nSPS) is 12.2. The molecule has 0 aliphatic heterocycles. The first-order valence-electron chi connectivity index (χ1n) is 6.94.